The van der Waals surface area contributed by atoms with Gasteiger partial charge < -0.3 is 22.1 Å². The summed E-state index contributed by atoms with van der Waals surface area (Å²) in [5.41, 5.74) is 12.6. The molecule has 0 atom stereocenters. The molecule has 0 spiro atoms. The Morgan fingerprint density at radius 1 is 0.481 bits per heavy atom. The van der Waals surface area contributed by atoms with Crippen LogP contribution in [0, 0.1) is 6.92 Å². The maximum Gasteiger partial charge on any atom is 0.0337 e. The van der Waals surface area contributed by atoms with E-state index in [2.05, 4.69) is 41.2 Å². The number of anilines is 2. The highest BCUT2D eigenvalue weighted by molar-refractivity contribution is 5.41. The van der Waals surface area contributed by atoms with Crippen molar-refractivity contribution in [3.8, 4) is 0 Å². The van der Waals surface area contributed by atoms with E-state index in [0.717, 1.165) is 11.4 Å². The van der Waals surface area contributed by atoms with Crippen LogP contribution in [0.1, 0.15) is 5.56 Å². The van der Waals surface area contributed by atoms with Gasteiger partial charge in [-0.25, -0.2) is 0 Å². The van der Waals surface area contributed by atoms with Gasteiger partial charge in [0, 0.05) is 25.5 Å². The smallest absolute Gasteiger partial charge is 0.0337 e. The Bertz CT molecular complexity index is 574. The summed E-state index contributed by atoms with van der Waals surface area (Å²) in [5, 5.41) is 6.05. The zero-order valence-corrected chi connectivity index (χ0v) is 17.3. The lowest BCUT2D eigenvalue weighted by Crippen LogP contribution is -1.84. The maximum atomic E-state index is 4.50. The fraction of sp³-hybridized carbons (Fsp3) is 0.217. The lowest BCUT2D eigenvalue weighted by Gasteiger charge is -1.94. The average molecular weight is 369 g/mol. The fourth-order valence-corrected chi connectivity index (χ4v) is 1.74. The molecule has 0 aliphatic heterocycles. The molecule has 0 bridgehead atoms. The molecule has 4 nitrogen and oxygen atoms in total. The van der Waals surface area contributed by atoms with Gasteiger partial charge in [-0.3, -0.25) is 0 Å². The zero-order valence-electron chi connectivity index (χ0n) is 17.3. The zero-order chi connectivity index (χ0) is 20.8. The molecule has 0 fully saturated rings. The fourth-order valence-electron chi connectivity index (χ4n) is 1.74. The Hall–Kier alpha value is -2.82. The van der Waals surface area contributed by atoms with Crippen molar-refractivity contribution in [1.82, 2.24) is 0 Å². The topological polar surface area (TPSA) is 76.1 Å². The Morgan fingerprint density at radius 2 is 0.741 bits per heavy atom. The average Bonchev–Trinajstić information content (AvgIpc) is 2.79. The number of rotatable bonds is 2. The van der Waals surface area contributed by atoms with Crippen LogP contribution in [0.4, 0.5) is 11.4 Å². The second-order valence-corrected chi connectivity index (χ2v) is 4.89. The van der Waals surface area contributed by atoms with Crippen LogP contribution in [0.15, 0.2) is 91.0 Å². The van der Waals surface area contributed by atoms with Crippen molar-refractivity contribution in [3.63, 3.8) is 0 Å². The summed E-state index contributed by atoms with van der Waals surface area (Å²) in [4.78, 5) is 0. The summed E-state index contributed by atoms with van der Waals surface area (Å²) < 4.78 is 0. The van der Waals surface area contributed by atoms with E-state index in [0.29, 0.717) is 0 Å². The van der Waals surface area contributed by atoms with E-state index in [9.17, 15) is 0 Å². The van der Waals surface area contributed by atoms with Gasteiger partial charge in [-0.05, 0) is 45.3 Å². The van der Waals surface area contributed by atoms with E-state index in [-0.39, 0.29) is 0 Å². The van der Waals surface area contributed by atoms with Gasteiger partial charge in [0.25, 0.3) is 0 Å². The minimum absolute atomic E-state index is 1.16. The highest BCUT2D eigenvalue weighted by atomic mass is 14.8. The van der Waals surface area contributed by atoms with Gasteiger partial charge in [-0.15, -0.1) is 0 Å². The molecule has 0 aliphatic rings. The molecule has 27 heavy (non-hydrogen) atoms. The molecule has 3 aromatic rings. The monoisotopic (exact) mass is 368 g/mol. The number of hydrogen-bond donors (Lipinski definition) is 4. The van der Waals surface area contributed by atoms with E-state index in [1.165, 1.54) is 19.7 Å². The van der Waals surface area contributed by atoms with Gasteiger partial charge in [0.05, 0.1) is 0 Å². The summed E-state index contributed by atoms with van der Waals surface area (Å²) in [6.07, 6.45) is 0. The Kier molecular flexibility index (Phi) is 20.8. The number of para-hydroxylation sites is 2. The third-order valence-electron chi connectivity index (χ3n) is 3.07. The number of aryl methyl sites for hydroxylation is 1. The normalized spacial score (nSPS) is 7.81. The van der Waals surface area contributed by atoms with E-state index in [1.54, 1.807) is 0 Å². The molecule has 0 unspecified atom stereocenters. The molecule has 148 valence electrons. The first-order chi connectivity index (χ1) is 13.3. The van der Waals surface area contributed by atoms with Gasteiger partial charge in [-0.2, -0.15) is 0 Å². The summed E-state index contributed by atoms with van der Waals surface area (Å²) in [6.45, 7) is 2.08. The van der Waals surface area contributed by atoms with E-state index >= 15 is 0 Å². The molecule has 0 heterocycles. The first kappa shape index (κ1) is 26.4. The van der Waals surface area contributed by atoms with Crippen LogP contribution in [0.25, 0.3) is 0 Å². The summed E-state index contributed by atoms with van der Waals surface area (Å²) in [6, 6.07) is 30.4. The Labute approximate surface area is 165 Å². The second-order valence-electron chi connectivity index (χ2n) is 4.89. The molecular formula is C23H36N4. The number of nitrogens with two attached hydrogens (primary N) is 2. The Balaban J connectivity index is 0. The lowest BCUT2D eigenvalue weighted by atomic mass is 10.2. The van der Waals surface area contributed by atoms with Crippen LogP contribution in [0.5, 0.6) is 0 Å². The predicted octanol–water partition coefficient (Wildman–Crippen LogP) is 4.60. The predicted molar refractivity (Wildman–Crippen MR) is 123 cm³/mol. The molecule has 6 N–H and O–H groups in total. The minimum Gasteiger partial charge on any atom is -0.388 e. The molecule has 0 radical (unpaired) electrons. The second kappa shape index (κ2) is 21.2. The summed E-state index contributed by atoms with van der Waals surface area (Å²) in [5.74, 6) is 0. The van der Waals surface area contributed by atoms with Crippen molar-refractivity contribution >= 4 is 11.4 Å². The van der Waals surface area contributed by atoms with Crippen LogP contribution >= 0.6 is 0 Å². The van der Waals surface area contributed by atoms with Crippen molar-refractivity contribution in [3.05, 3.63) is 96.6 Å². The van der Waals surface area contributed by atoms with Crippen LogP contribution in [-0.2, 0) is 0 Å². The van der Waals surface area contributed by atoms with Gasteiger partial charge in [-0.1, -0.05) is 72.3 Å². The summed E-state index contributed by atoms with van der Waals surface area (Å²) in [7, 11) is 6.82. The highest BCUT2D eigenvalue weighted by Gasteiger charge is 1.78. The summed E-state index contributed by atoms with van der Waals surface area (Å²) >= 11 is 0. The van der Waals surface area contributed by atoms with Gasteiger partial charge in [0.1, 0.15) is 0 Å². The molecule has 3 rings (SSSR count). The minimum atomic E-state index is 1.16. The maximum absolute atomic E-state index is 4.50. The van der Waals surface area contributed by atoms with Crippen molar-refractivity contribution in [2.45, 2.75) is 6.92 Å². The molecule has 3 aromatic carbocycles. The van der Waals surface area contributed by atoms with Gasteiger partial charge in [0.15, 0.2) is 0 Å². The van der Waals surface area contributed by atoms with Crippen LogP contribution in [-0.4, -0.2) is 28.2 Å². The highest BCUT2D eigenvalue weighted by Crippen LogP contribution is 2.02. The van der Waals surface area contributed by atoms with E-state index in [1.807, 2.05) is 93.0 Å². The van der Waals surface area contributed by atoms with Gasteiger partial charge >= 0.3 is 0 Å². The SMILES string of the molecule is CN.CN.CNc1ccccc1.CNc1ccccc1.Cc1ccccc1. The first-order valence-corrected chi connectivity index (χ1v) is 8.89. The number of nitrogens with one attached hydrogen (secondary N) is 2. The lowest BCUT2D eigenvalue weighted by molar-refractivity contribution is 1.48. The molecule has 4 heteroatoms. The van der Waals surface area contributed by atoms with Crippen LogP contribution in [0.2, 0.25) is 0 Å². The first-order valence-electron chi connectivity index (χ1n) is 8.89. The number of hydrogen-bond acceptors (Lipinski definition) is 4. The van der Waals surface area contributed by atoms with Crippen molar-refractivity contribution in [2.75, 3.05) is 38.8 Å². The van der Waals surface area contributed by atoms with Gasteiger partial charge in [0.2, 0.25) is 0 Å². The number of benzene rings is 3. The largest absolute Gasteiger partial charge is 0.388 e. The molecule has 0 amide bonds. The Morgan fingerprint density at radius 3 is 0.889 bits per heavy atom. The molecule has 0 aromatic heterocycles. The van der Waals surface area contributed by atoms with E-state index in [4.69, 9.17) is 0 Å². The van der Waals surface area contributed by atoms with E-state index < -0.39 is 0 Å². The quantitative estimate of drug-likeness (QED) is 0.533. The molecule has 0 saturated carbocycles. The third-order valence-corrected chi connectivity index (χ3v) is 3.07. The molecule has 0 aliphatic carbocycles. The molecule has 0 saturated heterocycles. The van der Waals surface area contributed by atoms with Crippen molar-refractivity contribution in [2.24, 2.45) is 11.5 Å². The van der Waals surface area contributed by atoms with Crippen LogP contribution in [0.3, 0.4) is 0 Å². The van der Waals surface area contributed by atoms with Crippen molar-refractivity contribution < 1.29 is 0 Å². The van der Waals surface area contributed by atoms with Crippen molar-refractivity contribution in [1.29, 1.82) is 0 Å². The third kappa shape index (κ3) is 16.4. The standard InChI is InChI=1S/2C7H9N.C7H8.2CH5N/c2*1-8-7-5-3-2-4-6-7;1-7-5-3-2-4-6-7;2*1-2/h2*2-6,8H,1H3;2-6H,1H3;2*2H2,1H3. The van der Waals surface area contributed by atoms with Crippen LogP contribution < -0.4 is 22.1 Å². The molecular weight excluding hydrogens is 332 g/mol.